The summed E-state index contributed by atoms with van der Waals surface area (Å²) in [7, 11) is 0. The van der Waals surface area contributed by atoms with Gasteiger partial charge in [0.05, 0.1) is 11.4 Å². The summed E-state index contributed by atoms with van der Waals surface area (Å²) in [4.78, 5) is 23.8. The number of carbonyl (C=O) groups is 2. The first kappa shape index (κ1) is 21.3. The number of nitrogens with one attached hydrogen (secondary N) is 1. The Bertz CT molecular complexity index is 1060. The van der Waals surface area contributed by atoms with Crippen LogP contribution < -0.4 is 5.32 Å². The maximum Gasteiger partial charge on any atom is 0.325 e. The standard InChI is InChI=1S/C22H19ClFN3O3/c1-15-19(22(23)27(26-15)18-9-7-17(24)8-10-18)11-12-20(28)25-13-21(29)30-14-16-5-3-2-4-6-16/h2-12H,13-14H2,1H3,(H,25,28)/b12-11+. The summed E-state index contributed by atoms with van der Waals surface area (Å²) in [6, 6.07) is 15.0. The van der Waals surface area contributed by atoms with Gasteiger partial charge in [0, 0.05) is 11.6 Å². The smallest absolute Gasteiger partial charge is 0.325 e. The third-order valence-electron chi connectivity index (χ3n) is 4.17. The number of hydrogen-bond acceptors (Lipinski definition) is 4. The maximum absolute atomic E-state index is 13.1. The molecule has 0 saturated heterocycles. The lowest BCUT2D eigenvalue weighted by Gasteiger charge is -2.05. The van der Waals surface area contributed by atoms with Crippen molar-refractivity contribution < 1.29 is 18.7 Å². The Balaban J connectivity index is 1.55. The van der Waals surface area contributed by atoms with Gasteiger partial charge in [-0.1, -0.05) is 41.9 Å². The van der Waals surface area contributed by atoms with E-state index in [9.17, 15) is 14.0 Å². The van der Waals surface area contributed by atoms with E-state index in [1.807, 2.05) is 30.3 Å². The number of ether oxygens (including phenoxy) is 1. The number of carbonyl (C=O) groups excluding carboxylic acids is 2. The summed E-state index contributed by atoms with van der Waals surface area (Å²) < 4.78 is 19.7. The van der Waals surface area contributed by atoms with Crippen LogP contribution in [0.1, 0.15) is 16.8 Å². The lowest BCUT2D eigenvalue weighted by molar-refractivity contribution is -0.144. The van der Waals surface area contributed by atoms with Crippen LogP contribution in [0.2, 0.25) is 5.15 Å². The average Bonchev–Trinajstić information content (AvgIpc) is 3.04. The van der Waals surface area contributed by atoms with Crippen LogP contribution in [0.3, 0.4) is 0 Å². The van der Waals surface area contributed by atoms with Crippen LogP contribution in [0.5, 0.6) is 0 Å². The third-order valence-corrected chi connectivity index (χ3v) is 4.53. The van der Waals surface area contributed by atoms with Gasteiger partial charge in [-0.15, -0.1) is 0 Å². The molecule has 30 heavy (non-hydrogen) atoms. The number of benzene rings is 2. The molecule has 0 saturated carbocycles. The molecule has 0 bridgehead atoms. The molecule has 0 radical (unpaired) electrons. The number of aryl methyl sites for hydroxylation is 1. The first-order valence-electron chi connectivity index (χ1n) is 9.10. The molecule has 1 amide bonds. The van der Waals surface area contributed by atoms with Crippen molar-refractivity contribution >= 4 is 29.6 Å². The molecular weight excluding hydrogens is 409 g/mol. The summed E-state index contributed by atoms with van der Waals surface area (Å²) >= 11 is 6.36. The number of hydrogen-bond donors (Lipinski definition) is 1. The second-order valence-corrected chi connectivity index (χ2v) is 6.73. The molecule has 0 aliphatic rings. The van der Waals surface area contributed by atoms with Gasteiger partial charge in [-0.3, -0.25) is 9.59 Å². The molecule has 0 aliphatic heterocycles. The molecule has 8 heteroatoms. The highest BCUT2D eigenvalue weighted by molar-refractivity contribution is 6.31. The van der Waals surface area contributed by atoms with Crippen molar-refractivity contribution in [2.75, 3.05) is 6.54 Å². The second-order valence-electron chi connectivity index (χ2n) is 6.38. The highest BCUT2D eigenvalue weighted by Gasteiger charge is 2.13. The van der Waals surface area contributed by atoms with Crippen molar-refractivity contribution in [2.45, 2.75) is 13.5 Å². The van der Waals surface area contributed by atoms with Crippen LogP contribution in [0.4, 0.5) is 4.39 Å². The summed E-state index contributed by atoms with van der Waals surface area (Å²) in [5.74, 6) is -1.38. The fourth-order valence-corrected chi connectivity index (χ4v) is 2.96. The lowest BCUT2D eigenvalue weighted by Crippen LogP contribution is -2.29. The predicted molar refractivity (Wildman–Crippen MR) is 112 cm³/mol. The summed E-state index contributed by atoms with van der Waals surface area (Å²) in [6.07, 6.45) is 2.77. The molecule has 6 nitrogen and oxygen atoms in total. The zero-order valence-electron chi connectivity index (χ0n) is 16.1. The zero-order valence-corrected chi connectivity index (χ0v) is 16.9. The normalized spacial score (nSPS) is 10.9. The second kappa shape index (κ2) is 9.84. The summed E-state index contributed by atoms with van der Waals surface area (Å²) in [6.45, 7) is 1.63. The van der Waals surface area contributed by atoms with E-state index in [2.05, 4.69) is 10.4 Å². The van der Waals surface area contributed by atoms with Crippen LogP contribution >= 0.6 is 11.6 Å². The molecule has 154 valence electrons. The van der Waals surface area contributed by atoms with Gasteiger partial charge in [-0.05, 0) is 42.8 Å². The van der Waals surface area contributed by atoms with Gasteiger partial charge in [-0.25, -0.2) is 9.07 Å². The predicted octanol–water partition coefficient (Wildman–Crippen LogP) is 3.85. The monoisotopic (exact) mass is 427 g/mol. The number of esters is 1. The van der Waals surface area contributed by atoms with Crippen molar-refractivity contribution in [2.24, 2.45) is 0 Å². The molecular formula is C22H19ClFN3O3. The van der Waals surface area contributed by atoms with E-state index in [1.165, 1.54) is 29.0 Å². The number of rotatable bonds is 7. The van der Waals surface area contributed by atoms with Gasteiger partial charge >= 0.3 is 5.97 Å². The fraction of sp³-hybridized carbons (Fsp3) is 0.136. The van der Waals surface area contributed by atoms with E-state index >= 15 is 0 Å². The minimum Gasteiger partial charge on any atom is -0.460 e. The Morgan fingerprint density at radius 1 is 1.17 bits per heavy atom. The van der Waals surface area contributed by atoms with Crippen molar-refractivity contribution in [1.29, 1.82) is 0 Å². The summed E-state index contributed by atoms with van der Waals surface area (Å²) in [5.41, 5.74) is 2.59. The molecule has 0 unspecified atom stereocenters. The molecule has 0 fully saturated rings. The Morgan fingerprint density at radius 2 is 1.87 bits per heavy atom. The molecule has 0 atom stereocenters. The highest BCUT2D eigenvalue weighted by Crippen LogP contribution is 2.24. The van der Waals surface area contributed by atoms with Crippen LogP contribution in [0.25, 0.3) is 11.8 Å². The van der Waals surface area contributed by atoms with Crippen molar-refractivity contribution in [1.82, 2.24) is 15.1 Å². The topological polar surface area (TPSA) is 73.2 Å². The Morgan fingerprint density at radius 3 is 2.57 bits per heavy atom. The molecule has 0 aliphatic carbocycles. The van der Waals surface area contributed by atoms with Gasteiger partial charge in [-0.2, -0.15) is 5.10 Å². The van der Waals surface area contributed by atoms with Gasteiger partial charge in [0.15, 0.2) is 0 Å². The largest absolute Gasteiger partial charge is 0.460 e. The van der Waals surface area contributed by atoms with Crippen molar-refractivity contribution in [3.8, 4) is 5.69 Å². The van der Waals surface area contributed by atoms with Gasteiger partial charge in [0.1, 0.15) is 24.1 Å². The fourth-order valence-electron chi connectivity index (χ4n) is 2.62. The van der Waals surface area contributed by atoms with Crippen molar-refractivity contribution in [3.63, 3.8) is 0 Å². The first-order chi connectivity index (χ1) is 14.4. The van der Waals surface area contributed by atoms with E-state index in [4.69, 9.17) is 16.3 Å². The Kier molecular flexibility index (Phi) is 6.98. The Hall–Kier alpha value is -3.45. The van der Waals surface area contributed by atoms with Crippen LogP contribution in [0.15, 0.2) is 60.7 Å². The highest BCUT2D eigenvalue weighted by atomic mass is 35.5. The number of amides is 1. The van der Waals surface area contributed by atoms with Crippen molar-refractivity contribution in [3.05, 3.63) is 88.5 Å². The first-order valence-corrected chi connectivity index (χ1v) is 9.48. The number of halogens is 2. The Labute approximate surface area is 177 Å². The van der Waals surface area contributed by atoms with Crippen LogP contribution in [0, 0.1) is 12.7 Å². The minimum absolute atomic E-state index is 0.142. The van der Waals surface area contributed by atoms with Gasteiger partial charge in [0.25, 0.3) is 0 Å². The molecule has 3 rings (SSSR count). The SMILES string of the molecule is Cc1nn(-c2ccc(F)cc2)c(Cl)c1/C=C/C(=O)NCC(=O)OCc1ccccc1. The molecule has 2 aromatic carbocycles. The number of aromatic nitrogens is 2. The number of nitrogens with zero attached hydrogens (tertiary/aromatic N) is 2. The lowest BCUT2D eigenvalue weighted by atomic mass is 10.2. The van der Waals surface area contributed by atoms with Gasteiger partial charge in [0.2, 0.25) is 5.91 Å². The quantitative estimate of drug-likeness (QED) is 0.459. The van der Waals surface area contributed by atoms with E-state index < -0.39 is 11.9 Å². The molecule has 0 spiro atoms. The van der Waals surface area contributed by atoms with E-state index in [-0.39, 0.29) is 24.1 Å². The van der Waals surface area contributed by atoms with Crippen LogP contribution in [-0.4, -0.2) is 28.2 Å². The molecule has 1 heterocycles. The minimum atomic E-state index is -0.543. The maximum atomic E-state index is 13.1. The molecule has 1 N–H and O–H groups in total. The van der Waals surface area contributed by atoms with E-state index in [0.717, 1.165) is 5.56 Å². The average molecular weight is 428 g/mol. The summed E-state index contributed by atoms with van der Waals surface area (Å²) in [5, 5.41) is 7.06. The zero-order chi connectivity index (χ0) is 21.5. The van der Waals surface area contributed by atoms with E-state index in [0.29, 0.717) is 16.9 Å². The molecule has 1 aromatic heterocycles. The molecule has 3 aromatic rings. The van der Waals surface area contributed by atoms with Crippen LogP contribution in [-0.2, 0) is 20.9 Å². The van der Waals surface area contributed by atoms with E-state index in [1.54, 1.807) is 19.1 Å². The van der Waals surface area contributed by atoms with Gasteiger partial charge < -0.3 is 10.1 Å². The third kappa shape index (κ3) is 5.55.